The predicted octanol–water partition coefficient (Wildman–Crippen LogP) is 2.57. The smallest absolute Gasteiger partial charge is 0.339 e. The van der Waals surface area contributed by atoms with E-state index in [1.54, 1.807) is 12.1 Å². The Labute approximate surface area is 109 Å². The van der Waals surface area contributed by atoms with Gasteiger partial charge >= 0.3 is 5.97 Å². The van der Waals surface area contributed by atoms with Crippen LogP contribution in [0, 0.1) is 0 Å². The second-order valence-electron chi connectivity index (χ2n) is 4.05. The monoisotopic (exact) mass is 250 g/mol. The van der Waals surface area contributed by atoms with Crippen LogP contribution in [0.5, 0.6) is 0 Å². The second-order valence-corrected chi connectivity index (χ2v) is 4.05. The van der Waals surface area contributed by atoms with Crippen LogP contribution in [-0.2, 0) is 4.74 Å². The first-order chi connectivity index (χ1) is 8.62. The van der Waals surface area contributed by atoms with Crippen LogP contribution in [0.4, 0.5) is 5.69 Å². The van der Waals surface area contributed by atoms with Crippen molar-refractivity contribution in [3.05, 3.63) is 29.8 Å². The van der Waals surface area contributed by atoms with Crippen LogP contribution in [0.1, 0.15) is 31.1 Å². The first-order valence-corrected chi connectivity index (χ1v) is 6.35. The molecule has 0 aromatic heterocycles. The summed E-state index contributed by atoms with van der Waals surface area (Å²) < 4.78 is 5.42. The lowest BCUT2D eigenvalue weighted by Crippen LogP contribution is -2.36. The highest BCUT2D eigenvalue weighted by atomic mass is 16.6. The van der Waals surface area contributed by atoms with Gasteiger partial charge in [0.1, 0.15) is 0 Å². The summed E-state index contributed by atoms with van der Waals surface area (Å²) in [6.07, 6.45) is -0.198. The Kier molecular flexibility index (Phi) is 5.65. The molecule has 1 aromatic rings. The van der Waals surface area contributed by atoms with Gasteiger partial charge in [-0.15, -0.1) is 0 Å². The maximum absolute atomic E-state index is 11.9. The number of benzene rings is 1. The molecule has 0 aliphatic rings. The van der Waals surface area contributed by atoms with Crippen LogP contribution in [-0.4, -0.2) is 37.2 Å². The van der Waals surface area contributed by atoms with E-state index in [0.29, 0.717) is 5.56 Å². The number of hydrogen-bond acceptors (Lipinski definition) is 4. The second kappa shape index (κ2) is 7.01. The highest BCUT2D eigenvalue weighted by molar-refractivity contribution is 5.89. The molecule has 0 aliphatic heterocycles. The van der Waals surface area contributed by atoms with Crippen molar-refractivity contribution in [3.63, 3.8) is 0 Å². The number of nitrogens with zero attached hydrogens (tertiary/aromatic N) is 1. The fraction of sp³-hybridized carbons (Fsp3) is 0.500. The summed E-state index contributed by atoms with van der Waals surface area (Å²) in [7, 11) is 1.84. The van der Waals surface area contributed by atoms with Gasteiger partial charge in [0.05, 0.1) is 5.56 Å². The summed E-state index contributed by atoms with van der Waals surface area (Å²) in [6, 6.07) is 7.25. The molecule has 1 atom stereocenters. The molecular weight excluding hydrogens is 228 g/mol. The summed E-state index contributed by atoms with van der Waals surface area (Å²) in [5.41, 5.74) is 1.55. The Hall–Kier alpha value is -1.55. The first kappa shape index (κ1) is 14.5. The Balaban J connectivity index is 2.64. The molecule has 1 rings (SSSR count). The van der Waals surface area contributed by atoms with Crippen molar-refractivity contribution in [1.29, 1.82) is 0 Å². The normalized spacial score (nSPS) is 12.3. The molecule has 1 unspecified atom stereocenters. The number of rotatable bonds is 6. The number of nitrogens with one attached hydrogen (secondary N) is 1. The van der Waals surface area contributed by atoms with Crippen LogP contribution in [0.15, 0.2) is 24.3 Å². The standard InChI is InChI=1S/C14H22N2O2/c1-5-16(6-2)11(3)18-14(17)12-7-9-13(15-4)10-8-12/h7-11,15H,5-6H2,1-4H3. The molecule has 1 N–H and O–H groups in total. The molecule has 0 radical (unpaired) electrons. The third-order valence-electron chi connectivity index (χ3n) is 3.01. The minimum atomic E-state index is -0.281. The van der Waals surface area contributed by atoms with E-state index < -0.39 is 0 Å². The molecule has 0 bridgehead atoms. The number of ether oxygens (including phenoxy) is 1. The van der Waals surface area contributed by atoms with Gasteiger partial charge in [-0.1, -0.05) is 13.8 Å². The van der Waals surface area contributed by atoms with Crippen molar-refractivity contribution in [3.8, 4) is 0 Å². The first-order valence-electron chi connectivity index (χ1n) is 6.35. The zero-order chi connectivity index (χ0) is 13.5. The molecule has 1 aromatic carbocycles. The average Bonchev–Trinajstić information content (AvgIpc) is 2.40. The SMILES string of the molecule is CCN(CC)C(C)OC(=O)c1ccc(NC)cc1. The Bertz CT molecular complexity index is 372. The molecule has 100 valence electrons. The van der Waals surface area contributed by atoms with Crippen molar-refractivity contribution in [2.24, 2.45) is 0 Å². The summed E-state index contributed by atoms with van der Waals surface area (Å²) in [5, 5.41) is 3.01. The number of carbonyl (C=O) groups excluding carboxylic acids is 1. The number of hydrogen-bond donors (Lipinski definition) is 1. The molecule has 0 fully saturated rings. The summed E-state index contributed by atoms with van der Waals surface area (Å²) in [4.78, 5) is 14.0. The predicted molar refractivity (Wildman–Crippen MR) is 73.8 cm³/mol. The molecule has 18 heavy (non-hydrogen) atoms. The Morgan fingerprint density at radius 2 is 1.83 bits per heavy atom. The van der Waals surface area contributed by atoms with Crippen LogP contribution in [0.25, 0.3) is 0 Å². The highest BCUT2D eigenvalue weighted by Gasteiger charge is 2.16. The van der Waals surface area contributed by atoms with E-state index in [0.717, 1.165) is 18.8 Å². The van der Waals surface area contributed by atoms with Gasteiger partial charge in [-0.2, -0.15) is 0 Å². The lowest BCUT2D eigenvalue weighted by atomic mass is 10.2. The number of anilines is 1. The van der Waals surface area contributed by atoms with E-state index in [1.165, 1.54) is 0 Å². The topological polar surface area (TPSA) is 41.6 Å². The maximum atomic E-state index is 11.9. The van der Waals surface area contributed by atoms with Crippen LogP contribution in [0.3, 0.4) is 0 Å². The largest absolute Gasteiger partial charge is 0.443 e. The van der Waals surface area contributed by atoms with E-state index in [9.17, 15) is 4.79 Å². The van der Waals surface area contributed by atoms with Crippen molar-refractivity contribution in [1.82, 2.24) is 4.90 Å². The summed E-state index contributed by atoms with van der Waals surface area (Å²) >= 11 is 0. The molecule has 0 amide bonds. The van der Waals surface area contributed by atoms with Gasteiger partial charge in [0.15, 0.2) is 6.23 Å². The molecule has 0 saturated heterocycles. The molecule has 0 spiro atoms. The van der Waals surface area contributed by atoms with Gasteiger partial charge in [0.2, 0.25) is 0 Å². The van der Waals surface area contributed by atoms with Crippen LogP contribution in [0.2, 0.25) is 0 Å². The maximum Gasteiger partial charge on any atom is 0.339 e. The molecular formula is C14H22N2O2. The average molecular weight is 250 g/mol. The fourth-order valence-corrected chi connectivity index (χ4v) is 1.81. The van der Waals surface area contributed by atoms with E-state index >= 15 is 0 Å². The van der Waals surface area contributed by atoms with Crippen molar-refractivity contribution in [2.45, 2.75) is 27.0 Å². The lowest BCUT2D eigenvalue weighted by molar-refractivity contribution is -0.0196. The molecule has 4 nitrogen and oxygen atoms in total. The quantitative estimate of drug-likeness (QED) is 0.622. The summed E-state index contributed by atoms with van der Waals surface area (Å²) in [5.74, 6) is -0.281. The lowest BCUT2D eigenvalue weighted by Gasteiger charge is -2.25. The molecule has 0 heterocycles. The van der Waals surface area contributed by atoms with E-state index in [1.807, 2.05) is 26.1 Å². The Morgan fingerprint density at radius 1 is 1.28 bits per heavy atom. The fourth-order valence-electron chi connectivity index (χ4n) is 1.81. The summed E-state index contributed by atoms with van der Waals surface area (Å²) in [6.45, 7) is 7.73. The minimum absolute atomic E-state index is 0.198. The third kappa shape index (κ3) is 3.74. The van der Waals surface area contributed by atoms with Crippen molar-refractivity contribution < 1.29 is 9.53 Å². The third-order valence-corrected chi connectivity index (χ3v) is 3.01. The van der Waals surface area contributed by atoms with E-state index in [4.69, 9.17) is 4.74 Å². The van der Waals surface area contributed by atoms with Gasteiger partial charge in [0.25, 0.3) is 0 Å². The van der Waals surface area contributed by atoms with Gasteiger partial charge in [0, 0.05) is 12.7 Å². The van der Waals surface area contributed by atoms with Crippen molar-refractivity contribution >= 4 is 11.7 Å². The van der Waals surface area contributed by atoms with Crippen LogP contribution < -0.4 is 5.32 Å². The van der Waals surface area contributed by atoms with Crippen molar-refractivity contribution in [2.75, 3.05) is 25.5 Å². The zero-order valence-corrected chi connectivity index (χ0v) is 11.6. The van der Waals surface area contributed by atoms with Gasteiger partial charge in [-0.05, 0) is 44.3 Å². The minimum Gasteiger partial charge on any atom is -0.443 e. The molecule has 0 saturated carbocycles. The number of esters is 1. The van der Waals surface area contributed by atoms with E-state index in [-0.39, 0.29) is 12.2 Å². The van der Waals surface area contributed by atoms with E-state index in [2.05, 4.69) is 24.1 Å². The van der Waals surface area contributed by atoms with Crippen LogP contribution >= 0.6 is 0 Å². The number of carbonyl (C=O) groups is 1. The van der Waals surface area contributed by atoms with Gasteiger partial charge in [-0.25, -0.2) is 4.79 Å². The molecule has 0 aliphatic carbocycles. The highest BCUT2D eigenvalue weighted by Crippen LogP contribution is 2.11. The molecule has 4 heteroatoms. The van der Waals surface area contributed by atoms with Gasteiger partial charge < -0.3 is 10.1 Å². The van der Waals surface area contributed by atoms with Gasteiger partial charge in [-0.3, -0.25) is 4.90 Å². The Morgan fingerprint density at radius 3 is 2.28 bits per heavy atom. The zero-order valence-electron chi connectivity index (χ0n) is 11.6.